The maximum atomic E-state index is 12.0. The Morgan fingerprint density at radius 2 is 2.33 bits per heavy atom. The van der Waals surface area contributed by atoms with Crippen LogP contribution in [0.2, 0.25) is 0 Å². The Hall–Kier alpha value is -1.63. The molecule has 3 rings (SSSR count). The molecule has 112 valence electrons. The van der Waals surface area contributed by atoms with Crippen LogP contribution in [0.15, 0.2) is 23.6 Å². The van der Waals surface area contributed by atoms with Crippen molar-refractivity contribution in [1.82, 2.24) is 24.9 Å². The van der Waals surface area contributed by atoms with E-state index in [2.05, 4.69) is 27.3 Å². The lowest BCUT2D eigenvalue weighted by atomic mass is 9.86. The maximum Gasteiger partial charge on any atom is 0.253 e. The minimum absolute atomic E-state index is 0.0607. The fraction of sp³-hybridized carbons (Fsp3) is 0.571. The van der Waals surface area contributed by atoms with Crippen molar-refractivity contribution < 1.29 is 4.79 Å². The summed E-state index contributed by atoms with van der Waals surface area (Å²) in [5.74, 6) is 1.54. The second-order valence-electron chi connectivity index (χ2n) is 5.48. The van der Waals surface area contributed by atoms with E-state index in [1.165, 1.54) is 31.0 Å². The molecule has 7 heteroatoms. The Kier molecular flexibility index (Phi) is 4.38. The van der Waals surface area contributed by atoms with Crippen LogP contribution in [0, 0.1) is 5.92 Å². The van der Waals surface area contributed by atoms with Gasteiger partial charge in [0.05, 0.1) is 5.75 Å². The number of hydrogen-bond acceptors (Lipinski definition) is 5. The van der Waals surface area contributed by atoms with Crippen LogP contribution in [-0.4, -0.2) is 37.3 Å². The van der Waals surface area contributed by atoms with Gasteiger partial charge in [0, 0.05) is 18.4 Å². The number of thioether (sulfide) groups is 1. The highest BCUT2D eigenvalue weighted by molar-refractivity contribution is 7.99. The number of carbonyl (C=O) groups excluding carboxylic acids is 1. The number of amides is 1. The number of aromatic nitrogens is 4. The van der Waals surface area contributed by atoms with Gasteiger partial charge in [0.25, 0.3) is 5.78 Å². The average molecular weight is 305 g/mol. The van der Waals surface area contributed by atoms with E-state index in [1.807, 2.05) is 0 Å². The Labute approximate surface area is 127 Å². The molecule has 0 saturated heterocycles. The standard InChI is InChI=1S/C14H19N5OS/c1-10-5-2-3-6-11(10)16-12(20)9-21-14-17-13-15-7-4-8-19(13)18-14/h4,7-8,10-11H,2-3,5-6,9H2,1H3,(H,16,20)/t10-,11+/m0/s1. The number of rotatable bonds is 4. The summed E-state index contributed by atoms with van der Waals surface area (Å²) < 4.78 is 1.61. The zero-order chi connectivity index (χ0) is 14.7. The first-order chi connectivity index (χ1) is 10.2. The second-order valence-corrected chi connectivity index (χ2v) is 6.43. The maximum absolute atomic E-state index is 12.0. The predicted octanol–water partition coefficient (Wildman–Crippen LogP) is 1.91. The van der Waals surface area contributed by atoms with Crippen molar-refractivity contribution in [3.05, 3.63) is 18.5 Å². The van der Waals surface area contributed by atoms with E-state index >= 15 is 0 Å². The van der Waals surface area contributed by atoms with E-state index in [1.54, 1.807) is 23.0 Å². The Balaban J connectivity index is 1.53. The summed E-state index contributed by atoms with van der Waals surface area (Å²) >= 11 is 1.35. The van der Waals surface area contributed by atoms with Gasteiger partial charge in [0.1, 0.15) is 0 Å². The minimum atomic E-state index is 0.0607. The van der Waals surface area contributed by atoms with Crippen LogP contribution in [0.3, 0.4) is 0 Å². The molecule has 0 aliphatic heterocycles. The number of fused-ring (bicyclic) bond motifs is 1. The van der Waals surface area contributed by atoms with Gasteiger partial charge in [0.15, 0.2) is 0 Å². The number of hydrogen-bond donors (Lipinski definition) is 1. The normalized spacial score (nSPS) is 22.3. The van der Waals surface area contributed by atoms with E-state index in [0.717, 1.165) is 6.42 Å². The van der Waals surface area contributed by atoms with Crippen molar-refractivity contribution in [3.63, 3.8) is 0 Å². The van der Waals surface area contributed by atoms with Crippen molar-refractivity contribution in [3.8, 4) is 0 Å². The van der Waals surface area contributed by atoms with Crippen molar-refractivity contribution in [1.29, 1.82) is 0 Å². The van der Waals surface area contributed by atoms with E-state index in [9.17, 15) is 4.79 Å². The zero-order valence-corrected chi connectivity index (χ0v) is 12.8. The van der Waals surface area contributed by atoms with Gasteiger partial charge in [-0.3, -0.25) is 4.79 Å². The molecule has 6 nitrogen and oxygen atoms in total. The van der Waals surface area contributed by atoms with Crippen molar-refractivity contribution in [2.75, 3.05) is 5.75 Å². The third-order valence-electron chi connectivity index (χ3n) is 3.89. The molecule has 1 aliphatic carbocycles. The topological polar surface area (TPSA) is 72.2 Å². The molecule has 2 heterocycles. The first-order valence-electron chi connectivity index (χ1n) is 7.32. The van der Waals surface area contributed by atoms with E-state index < -0.39 is 0 Å². The summed E-state index contributed by atoms with van der Waals surface area (Å²) in [6.07, 6.45) is 8.26. The van der Waals surface area contributed by atoms with Gasteiger partial charge >= 0.3 is 0 Å². The van der Waals surface area contributed by atoms with Crippen molar-refractivity contribution in [2.24, 2.45) is 5.92 Å². The molecule has 0 unspecified atom stereocenters. The molecule has 0 bridgehead atoms. The van der Waals surface area contributed by atoms with Crippen LogP contribution in [0.1, 0.15) is 32.6 Å². The quantitative estimate of drug-likeness (QED) is 0.874. The molecule has 21 heavy (non-hydrogen) atoms. The molecule has 2 aromatic heterocycles. The third-order valence-corrected chi connectivity index (χ3v) is 4.73. The fourth-order valence-corrected chi connectivity index (χ4v) is 3.32. The fourth-order valence-electron chi connectivity index (χ4n) is 2.68. The highest BCUT2D eigenvalue weighted by atomic mass is 32.2. The van der Waals surface area contributed by atoms with Gasteiger partial charge in [-0.15, -0.1) is 5.10 Å². The predicted molar refractivity (Wildman–Crippen MR) is 81.1 cm³/mol. The van der Waals surface area contributed by atoms with E-state index in [4.69, 9.17) is 0 Å². The molecule has 0 aromatic carbocycles. The van der Waals surface area contributed by atoms with Crippen LogP contribution in [0.5, 0.6) is 0 Å². The average Bonchev–Trinajstić information content (AvgIpc) is 2.90. The number of nitrogens with zero attached hydrogens (tertiary/aromatic N) is 4. The molecule has 1 saturated carbocycles. The second kappa shape index (κ2) is 6.43. The van der Waals surface area contributed by atoms with Gasteiger partial charge in [-0.1, -0.05) is 31.5 Å². The molecule has 1 fully saturated rings. The van der Waals surface area contributed by atoms with Crippen LogP contribution < -0.4 is 5.32 Å². The molecule has 1 aliphatic rings. The first-order valence-corrected chi connectivity index (χ1v) is 8.30. The minimum Gasteiger partial charge on any atom is -0.352 e. The molecule has 1 N–H and O–H groups in total. The molecule has 1 amide bonds. The van der Waals surface area contributed by atoms with Gasteiger partial charge in [0.2, 0.25) is 11.1 Å². The highest BCUT2D eigenvalue weighted by Gasteiger charge is 2.22. The van der Waals surface area contributed by atoms with Gasteiger partial charge < -0.3 is 5.32 Å². The molecular weight excluding hydrogens is 286 g/mol. The van der Waals surface area contributed by atoms with E-state index in [-0.39, 0.29) is 5.91 Å². The van der Waals surface area contributed by atoms with Gasteiger partial charge in [-0.25, -0.2) is 9.50 Å². The lowest BCUT2D eigenvalue weighted by Crippen LogP contribution is -2.41. The number of carbonyl (C=O) groups is 1. The smallest absolute Gasteiger partial charge is 0.253 e. The Morgan fingerprint density at radius 3 is 3.14 bits per heavy atom. The summed E-state index contributed by atoms with van der Waals surface area (Å²) in [5, 5.41) is 7.99. The van der Waals surface area contributed by atoms with Crippen LogP contribution >= 0.6 is 11.8 Å². The molecule has 2 aromatic rings. The molecular formula is C14H19N5OS. The summed E-state index contributed by atoms with van der Waals surface area (Å²) in [4.78, 5) is 20.4. The SMILES string of the molecule is C[C@H]1CCCC[C@H]1NC(=O)CSc1nc2ncccn2n1. The summed E-state index contributed by atoms with van der Waals surface area (Å²) in [6, 6.07) is 2.12. The summed E-state index contributed by atoms with van der Waals surface area (Å²) in [5.41, 5.74) is 0. The molecule has 0 radical (unpaired) electrons. The van der Waals surface area contributed by atoms with Crippen molar-refractivity contribution >= 4 is 23.4 Å². The first kappa shape index (κ1) is 14.3. The van der Waals surface area contributed by atoms with Crippen LogP contribution in [0.25, 0.3) is 5.78 Å². The summed E-state index contributed by atoms with van der Waals surface area (Å²) in [6.45, 7) is 2.21. The lowest BCUT2D eigenvalue weighted by molar-refractivity contribution is -0.119. The summed E-state index contributed by atoms with van der Waals surface area (Å²) in [7, 11) is 0. The number of nitrogens with one attached hydrogen (secondary N) is 1. The molecule has 0 spiro atoms. The van der Waals surface area contributed by atoms with Gasteiger partial charge in [-0.05, 0) is 24.8 Å². The van der Waals surface area contributed by atoms with Gasteiger partial charge in [-0.2, -0.15) is 4.98 Å². The van der Waals surface area contributed by atoms with Crippen molar-refractivity contribution in [2.45, 2.75) is 43.8 Å². The third kappa shape index (κ3) is 3.53. The Morgan fingerprint density at radius 1 is 1.48 bits per heavy atom. The Bertz CT molecular complexity index is 596. The van der Waals surface area contributed by atoms with Crippen LogP contribution in [0.4, 0.5) is 0 Å². The van der Waals surface area contributed by atoms with E-state index in [0.29, 0.717) is 28.6 Å². The van der Waals surface area contributed by atoms with Crippen LogP contribution in [-0.2, 0) is 4.79 Å². The highest BCUT2D eigenvalue weighted by Crippen LogP contribution is 2.24. The largest absolute Gasteiger partial charge is 0.352 e. The molecule has 2 atom stereocenters. The zero-order valence-electron chi connectivity index (χ0n) is 12.0. The lowest BCUT2D eigenvalue weighted by Gasteiger charge is -2.29. The monoisotopic (exact) mass is 305 g/mol.